The number of para-hydroxylation sites is 1. The van der Waals surface area contributed by atoms with Crippen molar-refractivity contribution in [1.82, 2.24) is 4.57 Å². The van der Waals surface area contributed by atoms with Crippen LogP contribution >= 0.6 is 0 Å². The summed E-state index contributed by atoms with van der Waals surface area (Å²) in [5.74, 6) is -0.112. The number of hydrogen-bond acceptors (Lipinski definition) is 2. The smallest absolute Gasteiger partial charge is 0.244 e. The monoisotopic (exact) mass is 320 g/mol. The van der Waals surface area contributed by atoms with Crippen molar-refractivity contribution in [2.45, 2.75) is 27.3 Å². The molecule has 24 heavy (non-hydrogen) atoms. The minimum Gasteiger partial charge on any atom is -0.337 e. The van der Waals surface area contributed by atoms with E-state index in [-0.39, 0.29) is 18.2 Å². The number of hydrogen-bond donors (Lipinski definition) is 1. The van der Waals surface area contributed by atoms with Crippen molar-refractivity contribution < 1.29 is 9.59 Å². The van der Waals surface area contributed by atoms with Gasteiger partial charge in [-0.05, 0) is 44.0 Å². The molecule has 1 heterocycles. The molecule has 1 amide bonds. The molecular weight excluding hydrogens is 300 g/mol. The van der Waals surface area contributed by atoms with Gasteiger partial charge in [0.05, 0.1) is 0 Å². The summed E-state index contributed by atoms with van der Waals surface area (Å²) in [5, 5.41) is 3.84. The molecule has 0 bridgehead atoms. The molecule has 4 heteroatoms. The van der Waals surface area contributed by atoms with Crippen LogP contribution in [0.2, 0.25) is 0 Å². The molecule has 0 atom stereocenters. The molecule has 0 saturated heterocycles. The van der Waals surface area contributed by atoms with Gasteiger partial charge in [-0.15, -0.1) is 0 Å². The molecule has 2 aromatic carbocycles. The highest BCUT2D eigenvalue weighted by atomic mass is 16.2. The summed E-state index contributed by atoms with van der Waals surface area (Å²) < 4.78 is 1.83. The number of carbonyl (C=O) groups is 2. The van der Waals surface area contributed by atoms with E-state index in [0.29, 0.717) is 5.56 Å². The van der Waals surface area contributed by atoms with Crippen molar-refractivity contribution in [1.29, 1.82) is 0 Å². The predicted octanol–water partition coefficient (Wildman–Crippen LogP) is 4.10. The highest BCUT2D eigenvalue weighted by molar-refractivity contribution is 6.07. The van der Waals surface area contributed by atoms with E-state index < -0.39 is 0 Å². The Labute approximate surface area is 141 Å². The van der Waals surface area contributed by atoms with E-state index in [1.54, 1.807) is 13.1 Å². The van der Waals surface area contributed by atoms with Gasteiger partial charge < -0.3 is 9.88 Å². The largest absolute Gasteiger partial charge is 0.337 e. The number of Topliss-reactive ketones (excluding diaryl/α,β-unsaturated/α-hetero) is 1. The van der Waals surface area contributed by atoms with Gasteiger partial charge in [0.2, 0.25) is 5.91 Å². The van der Waals surface area contributed by atoms with E-state index in [1.807, 2.05) is 60.9 Å². The quantitative estimate of drug-likeness (QED) is 0.736. The van der Waals surface area contributed by atoms with Crippen LogP contribution in [0.5, 0.6) is 0 Å². The zero-order valence-corrected chi connectivity index (χ0v) is 14.1. The second-order valence-corrected chi connectivity index (χ2v) is 6.11. The summed E-state index contributed by atoms with van der Waals surface area (Å²) in [6, 6.07) is 13.6. The number of carbonyl (C=O) groups excluding carboxylic acids is 2. The molecule has 3 aromatic rings. The second-order valence-electron chi connectivity index (χ2n) is 6.11. The van der Waals surface area contributed by atoms with Gasteiger partial charge in [-0.3, -0.25) is 9.59 Å². The van der Waals surface area contributed by atoms with Crippen LogP contribution in [0.3, 0.4) is 0 Å². The Morgan fingerprint density at radius 3 is 2.58 bits per heavy atom. The number of amides is 1. The average Bonchev–Trinajstić information content (AvgIpc) is 2.90. The highest BCUT2D eigenvalue weighted by Gasteiger charge is 2.14. The van der Waals surface area contributed by atoms with Gasteiger partial charge >= 0.3 is 0 Å². The Morgan fingerprint density at radius 2 is 1.83 bits per heavy atom. The van der Waals surface area contributed by atoms with Gasteiger partial charge in [-0.1, -0.05) is 30.3 Å². The molecule has 4 nitrogen and oxygen atoms in total. The molecule has 0 saturated carbocycles. The number of nitrogens with one attached hydrogen (secondary N) is 1. The normalized spacial score (nSPS) is 10.8. The van der Waals surface area contributed by atoms with Gasteiger partial charge in [-0.25, -0.2) is 0 Å². The number of aryl methyl sites for hydroxylation is 2. The van der Waals surface area contributed by atoms with Crippen LogP contribution in [0.4, 0.5) is 5.69 Å². The molecule has 1 aromatic heterocycles. The van der Waals surface area contributed by atoms with Gasteiger partial charge in [-0.2, -0.15) is 0 Å². The molecule has 0 radical (unpaired) electrons. The zero-order chi connectivity index (χ0) is 17.3. The van der Waals surface area contributed by atoms with Crippen molar-refractivity contribution in [3.8, 4) is 0 Å². The van der Waals surface area contributed by atoms with Gasteiger partial charge in [0.15, 0.2) is 5.78 Å². The van der Waals surface area contributed by atoms with Crippen LogP contribution in [0.25, 0.3) is 10.9 Å². The Hall–Kier alpha value is -2.88. The van der Waals surface area contributed by atoms with E-state index in [9.17, 15) is 9.59 Å². The van der Waals surface area contributed by atoms with Crippen molar-refractivity contribution in [2.75, 3.05) is 5.32 Å². The van der Waals surface area contributed by atoms with Gasteiger partial charge in [0.25, 0.3) is 0 Å². The molecule has 1 N–H and O–H groups in total. The van der Waals surface area contributed by atoms with Crippen LogP contribution in [0.15, 0.2) is 48.7 Å². The third kappa shape index (κ3) is 3.08. The average molecular weight is 320 g/mol. The number of ketones is 1. The summed E-state index contributed by atoms with van der Waals surface area (Å²) in [6.45, 7) is 5.67. The van der Waals surface area contributed by atoms with E-state index in [2.05, 4.69) is 5.32 Å². The summed E-state index contributed by atoms with van der Waals surface area (Å²) in [7, 11) is 0. The molecule has 0 aliphatic carbocycles. The lowest BCUT2D eigenvalue weighted by atomic mass is 10.1. The Balaban J connectivity index is 1.88. The minimum atomic E-state index is -0.112. The minimum absolute atomic E-state index is 0.000105. The first-order chi connectivity index (χ1) is 11.5. The lowest BCUT2D eigenvalue weighted by molar-refractivity contribution is -0.116. The first-order valence-corrected chi connectivity index (χ1v) is 7.91. The van der Waals surface area contributed by atoms with Crippen molar-refractivity contribution in [2.24, 2.45) is 0 Å². The third-order valence-electron chi connectivity index (χ3n) is 4.15. The number of nitrogens with zero attached hydrogens (tertiary/aromatic N) is 1. The number of anilines is 1. The lowest BCUT2D eigenvalue weighted by Crippen LogP contribution is -2.18. The van der Waals surface area contributed by atoms with E-state index in [1.165, 1.54) is 0 Å². The summed E-state index contributed by atoms with van der Waals surface area (Å²) in [6.07, 6.45) is 1.76. The SMILES string of the molecule is CC(=O)c1cn(CC(=O)Nc2cc(C)ccc2C)c2ccccc12. The Morgan fingerprint density at radius 1 is 1.08 bits per heavy atom. The van der Waals surface area contributed by atoms with Crippen molar-refractivity contribution in [3.05, 3.63) is 65.4 Å². The Bertz CT molecular complexity index is 938. The van der Waals surface area contributed by atoms with Crippen LogP contribution in [-0.2, 0) is 11.3 Å². The number of fused-ring (bicyclic) bond motifs is 1. The maximum atomic E-state index is 12.5. The molecular formula is C20H20N2O2. The van der Waals surface area contributed by atoms with Gasteiger partial charge in [0, 0.05) is 28.4 Å². The second kappa shape index (κ2) is 6.32. The summed E-state index contributed by atoms with van der Waals surface area (Å²) in [4.78, 5) is 24.3. The fourth-order valence-corrected chi connectivity index (χ4v) is 2.87. The number of rotatable bonds is 4. The maximum Gasteiger partial charge on any atom is 0.244 e. The maximum absolute atomic E-state index is 12.5. The number of benzene rings is 2. The Kier molecular flexibility index (Phi) is 4.21. The molecule has 0 aliphatic rings. The molecule has 0 fully saturated rings. The summed E-state index contributed by atoms with van der Waals surface area (Å²) in [5.41, 5.74) is 4.48. The first-order valence-electron chi connectivity index (χ1n) is 7.91. The number of aromatic nitrogens is 1. The summed E-state index contributed by atoms with van der Waals surface area (Å²) >= 11 is 0. The van der Waals surface area contributed by atoms with Crippen LogP contribution < -0.4 is 5.32 Å². The molecule has 3 rings (SSSR count). The molecule has 0 aliphatic heterocycles. The zero-order valence-electron chi connectivity index (χ0n) is 14.1. The predicted molar refractivity (Wildman–Crippen MR) is 96.5 cm³/mol. The molecule has 122 valence electrons. The van der Waals surface area contributed by atoms with Crippen LogP contribution in [0.1, 0.15) is 28.4 Å². The van der Waals surface area contributed by atoms with Crippen molar-refractivity contribution >= 4 is 28.3 Å². The topological polar surface area (TPSA) is 51.1 Å². The fraction of sp³-hybridized carbons (Fsp3) is 0.200. The fourth-order valence-electron chi connectivity index (χ4n) is 2.87. The molecule has 0 spiro atoms. The van der Waals surface area contributed by atoms with E-state index >= 15 is 0 Å². The van der Waals surface area contributed by atoms with Crippen LogP contribution in [-0.4, -0.2) is 16.3 Å². The van der Waals surface area contributed by atoms with E-state index in [4.69, 9.17) is 0 Å². The van der Waals surface area contributed by atoms with Crippen molar-refractivity contribution in [3.63, 3.8) is 0 Å². The van der Waals surface area contributed by atoms with E-state index in [0.717, 1.165) is 27.7 Å². The first kappa shape index (κ1) is 16.0. The third-order valence-corrected chi connectivity index (χ3v) is 4.15. The highest BCUT2D eigenvalue weighted by Crippen LogP contribution is 2.22. The standard InChI is InChI=1S/C20H20N2O2/c1-13-8-9-14(2)18(10-13)21-20(24)12-22-11-17(15(3)23)16-6-4-5-7-19(16)22/h4-11H,12H2,1-3H3,(H,21,24). The lowest BCUT2D eigenvalue weighted by Gasteiger charge is -2.10. The van der Waals surface area contributed by atoms with Gasteiger partial charge in [0.1, 0.15) is 6.54 Å². The molecule has 0 unspecified atom stereocenters. The van der Waals surface area contributed by atoms with Crippen LogP contribution in [0, 0.1) is 13.8 Å².